The highest BCUT2D eigenvalue weighted by molar-refractivity contribution is 7.16. The maximum atomic E-state index is 13.6. The van der Waals surface area contributed by atoms with Crippen molar-refractivity contribution >= 4 is 51.7 Å². The van der Waals surface area contributed by atoms with Crippen molar-refractivity contribution in [3.05, 3.63) is 92.5 Å². The van der Waals surface area contributed by atoms with Crippen LogP contribution in [0.2, 0.25) is 5.02 Å². The minimum atomic E-state index is -0.979. The van der Waals surface area contributed by atoms with Gasteiger partial charge in [0.05, 0.1) is 17.3 Å². The molecule has 0 bridgehead atoms. The second-order valence-corrected chi connectivity index (χ2v) is 12.7. The van der Waals surface area contributed by atoms with Crippen molar-refractivity contribution in [2.24, 2.45) is 16.3 Å². The summed E-state index contributed by atoms with van der Waals surface area (Å²) >= 11 is 7.59. The van der Waals surface area contributed by atoms with Crippen molar-refractivity contribution < 1.29 is 19.1 Å². The molecular formula is C32H31ClN2O4S. The van der Waals surface area contributed by atoms with E-state index in [0.29, 0.717) is 49.8 Å². The van der Waals surface area contributed by atoms with Gasteiger partial charge >= 0.3 is 5.97 Å². The van der Waals surface area contributed by atoms with Crippen LogP contribution < -0.4 is 5.32 Å². The number of nitrogens with one attached hydrogen (secondary N) is 1. The van der Waals surface area contributed by atoms with Gasteiger partial charge in [0, 0.05) is 21.2 Å². The van der Waals surface area contributed by atoms with E-state index in [1.165, 1.54) is 4.88 Å². The normalized spacial score (nSPS) is 15.3. The van der Waals surface area contributed by atoms with Crippen LogP contribution in [0.25, 0.3) is 11.3 Å². The van der Waals surface area contributed by atoms with Gasteiger partial charge in [-0.2, -0.15) is 0 Å². The zero-order valence-corrected chi connectivity index (χ0v) is 24.4. The number of aliphatic imine (C=N–C) groups is 1. The molecule has 4 aromatic rings. The molecule has 0 aliphatic heterocycles. The zero-order chi connectivity index (χ0) is 28.6. The van der Waals surface area contributed by atoms with Crippen LogP contribution in [0.1, 0.15) is 69.7 Å². The quantitative estimate of drug-likeness (QED) is 0.225. The average Bonchev–Trinajstić information content (AvgIpc) is 3.52. The lowest BCUT2D eigenvalue weighted by Crippen LogP contribution is -2.27. The number of hydrogen-bond acceptors (Lipinski definition) is 5. The number of halogens is 1. The van der Waals surface area contributed by atoms with E-state index < -0.39 is 5.97 Å². The molecule has 8 heteroatoms. The van der Waals surface area contributed by atoms with Gasteiger partial charge < -0.3 is 14.8 Å². The molecule has 2 heterocycles. The van der Waals surface area contributed by atoms with Crippen LogP contribution in [0.5, 0.6) is 0 Å². The summed E-state index contributed by atoms with van der Waals surface area (Å²) in [5, 5.41) is 13.7. The molecular weight excluding hydrogens is 544 g/mol. The molecule has 40 heavy (non-hydrogen) atoms. The molecule has 1 aliphatic carbocycles. The largest absolute Gasteiger partial charge is 0.478 e. The summed E-state index contributed by atoms with van der Waals surface area (Å²) in [6.45, 7) is 8.57. The second kappa shape index (κ2) is 11.1. The minimum absolute atomic E-state index is 0.178. The first kappa shape index (κ1) is 27.9. The number of aromatic carboxylic acids is 1. The van der Waals surface area contributed by atoms with E-state index in [0.717, 1.165) is 24.8 Å². The number of carboxylic acid groups (broad SMARTS) is 1. The van der Waals surface area contributed by atoms with E-state index in [1.807, 2.05) is 6.07 Å². The van der Waals surface area contributed by atoms with Gasteiger partial charge in [-0.25, -0.2) is 9.79 Å². The van der Waals surface area contributed by atoms with Gasteiger partial charge in [-0.3, -0.25) is 4.79 Å². The monoisotopic (exact) mass is 574 g/mol. The minimum Gasteiger partial charge on any atom is -0.478 e. The van der Waals surface area contributed by atoms with E-state index in [1.54, 1.807) is 73.0 Å². The number of thiophene rings is 1. The van der Waals surface area contributed by atoms with Gasteiger partial charge in [-0.05, 0) is 91.1 Å². The summed E-state index contributed by atoms with van der Waals surface area (Å²) in [5.74, 6) is 0.425. The van der Waals surface area contributed by atoms with Crippen molar-refractivity contribution in [2.45, 2.75) is 47.0 Å². The first-order valence-corrected chi connectivity index (χ1v) is 14.4. The third-order valence-corrected chi connectivity index (χ3v) is 8.98. The summed E-state index contributed by atoms with van der Waals surface area (Å²) in [6.07, 6.45) is 4.40. The molecule has 1 amide bonds. The Morgan fingerprint density at radius 2 is 1.88 bits per heavy atom. The van der Waals surface area contributed by atoms with Crippen LogP contribution in [0.15, 0.2) is 64.0 Å². The zero-order valence-electron chi connectivity index (χ0n) is 22.9. The molecule has 6 nitrogen and oxygen atoms in total. The second-order valence-electron chi connectivity index (χ2n) is 11.2. The predicted octanol–water partition coefficient (Wildman–Crippen LogP) is 8.82. The van der Waals surface area contributed by atoms with Gasteiger partial charge in [0.25, 0.3) is 5.91 Å². The van der Waals surface area contributed by atoms with Gasteiger partial charge in [-0.1, -0.05) is 44.5 Å². The third kappa shape index (κ3) is 5.76. The smallest absolute Gasteiger partial charge is 0.335 e. The fourth-order valence-corrected chi connectivity index (χ4v) is 6.58. The lowest BCUT2D eigenvalue weighted by atomic mass is 9.72. The number of rotatable bonds is 6. The molecule has 0 unspecified atom stereocenters. The maximum Gasteiger partial charge on any atom is 0.335 e. The van der Waals surface area contributed by atoms with Gasteiger partial charge in [0.1, 0.15) is 16.5 Å². The van der Waals surface area contributed by atoms with Crippen LogP contribution in [0.3, 0.4) is 0 Å². The van der Waals surface area contributed by atoms with Crippen LogP contribution in [-0.4, -0.2) is 23.2 Å². The summed E-state index contributed by atoms with van der Waals surface area (Å²) < 4.78 is 6.03. The van der Waals surface area contributed by atoms with Crippen molar-refractivity contribution in [3.8, 4) is 11.3 Å². The molecule has 0 radical (unpaired) electrons. The van der Waals surface area contributed by atoms with E-state index in [-0.39, 0.29) is 16.9 Å². The number of nitrogens with zero attached hydrogens (tertiary/aromatic N) is 1. The summed E-state index contributed by atoms with van der Waals surface area (Å²) in [4.78, 5) is 31.1. The molecule has 1 atom stereocenters. The van der Waals surface area contributed by atoms with Crippen LogP contribution in [0.4, 0.5) is 10.7 Å². The molecule has 0 saturated carbocycles. The van der Waals surface area contributed by atoms with Gasteiger partial charge in [0.2, 0.25) is 0 Å². The van der Waals surface area contributed by atoms with Gasteiger partial charge in [0.15, 0.2) is 0 Å². The number of hydrogen-bond donors (Lipinski definition) is 2. The molecule has 5 rings (SSSR count). The molecule has 206 valence electrons. The molecule has 1 aliphatic rings. The Balaban J connectivity index is 1.47. The highest BCUT2D eigenvalue weighted by atomic mass is 35.5. The van der Waals surface area contributed by atoms with Crippen LogP contribution in [0, 0.1) is 18.3 Å². The SMILES string of the molecule is Cc1c(C(=O)O)cccc1-c1ccc(C=Nc2sc3c(c2C(=O)Nc2ccc(Cl)cc2)CC[C@H](C(C)(C)C)C3)o1. The number of amides is 1. The van der Waals surface area contributed by atoms with E-state index >= 15 is 0 Å². The maximum absolute atomic E-state index is 13.6. The summed E-state index contributed by atoms with van der Waals surface area (Å²) in [6, 6.07) is 15.8. The standard InChI is InChI=1S/C32H31ClN2O4S/c1-18-23(6-5-7-24(18)31(37)38)26-15-13-22(39-26)17-34-30-28(29(36)35-21-11-9-20(33)10-12-21)25-14-8-19(32(2,3)4)16-27(25)40-30/h5-7,9-13,15,17,19H,8,14,16H2,1-4H3,(H,35,36)(H,37,38)/t19-/m0/s1. The topological polar surface area (TPSA) is 91.9 Å². The highest BCUT2D eigenvalue weighted by Gasteiger charge is 2.33. The first-order valence-electron chi connectivity index (χ1n) is 13.2. The Kier molecular flexibility index (Phi) is 7.71. The summed E-state index contributed by atoms with van der Waals surface area (Å²) in [5.41, 5.74) is 4.11. The number of carbonyl (C=O) groups is 2. The lowest BCUT2D eigenvalue weighted by molar-refractivity contribution is 0.0696. The summed E-state index contributed by atoms with van der Waals surface area (Å²) in [7, 11) is 0. The van der Waals surface area contributed by atoms with Crippen molar-refractivity contribution in [1.29, 1.82) is 0 Å². The number of fused-ring (bicyclic) bond motifs is 1. The molecule has 0 saturated heterocycles. The van der Waals surface area contributed by atoms with Gasteiger partial charge in [-0.15, -0.1) is 11.3 Å². The number of benzene rings is 2. The first-order chi connectivity index (χ1) is 19.0. The Bertz CT molecular complexity index is 1610. The Hall–Kier alpha value is -3.68. The number of anilines is 1. The Morgan fingerprint density at radius 1 is 1.12 bits per heavy atom. The fraction of sp³-hybridized carbons (Fsp3) is 0.281. The van der Waals surface area contributed by atoms with E-state index in [4.69, 9.17) is 21.0 Å². The Morgan fingerprint density at radius 3 is 2.58 bits per heavy atom. The third-order valence-electron chi connectivity index (χ3n) is 7.57. The molecule has 0 fully saturated rings. The number of carbonyl (C=O) groups excluding carboxylic acids is 1. The van der Waals surface area contributed by atoms with Crippen molar-refractivity contribution in [3.63, 3.8) is 0 Å². The number of carboxylic acids is 1. The van der Waals surface area contributed by atoms with Crippen LogP contribution >= 0.6 is 22.9 Å². The molecule has 2 N–H and O–H groups in total. The van der Waals surface area contributed by atoms with Crippen LogP contribution in [-0.2, 0) is 12.8 Å². The predicted molar refractivity (Wildman–Crippen MR) is 162 cm³/mol. The molecule has 2 aromatic heterocycles. The van der Waals surface area contributed by atoms with E-state index in [9.17, 15) is 14.7 Å². The van der Waals surface area contributed by atoms with E-state index in [2.05, 4.69) is 26.1 Å². The lowest BCUT2D eigenvalue weighted by Gasteiger charge is -2.33. The molecule has 0 spiro atoms. The molecule has 2 aromatic carbocycles. The highest BCUT2D eigenvalue weighted by Crippen LogP contribution is 2.45. The fourth-order valence-electron chi connectivity index (χ4n) is 5.19. The Labute approximate surface area is 242 Å². The number of furan rings is 1. The average molecular weight is 575 g/mol. The van der Waals surface area contributed by atoms with Crippen molar-refractivity contribution in [1.82, 2.24) is 0 Å². The van der Waals surface area contributed by atoms with Crippen molar-refractivity contribution in [2.75, 3.05) is 5.32 Å².